The van der Waals surface area contributed by atoms with E-state index in [-0.39, 0.29) is 0 Å². The van der Waals surface area contributed by atoms with Crippen molar-refractivity contribution >= 4 is 9.76 Å². The SMILES string of the molecule is CCCOCO[Si]CCCN. The minimum Gasteiger partial charge on any atom is -0.395 e. The quantitative estimate of drug-likeness (QED) is 0.337. The third kappa shape index (κ3) is 10.1. The Morgan fingerprint density at radius 1 is 1.45 bits per heavy atom. The highest BCUT2D eigenvalue weighted by molar-refractivity contribution is 6.26. The molecule has 0 rings (SSSR count). The van der Waals surface area contributed by atoms with Crippen molar-refractivity contribution in [3.8, 4) is 0 Å². The molecule has 0 aliphatic carbocycles. The van der Waals surface area contributed by atoms with Crippen molar-refractivity contribution in [3.05, 3.63) is 0 Å². The lowest BCUT2D eigenvalue weighted by molar-refractivity contribution is 0.0173. The Labute approximate surface area is 71.2 Å². The van der Waals surface area contributed by atoms with Gasteiger partial charge in [-0.1, -0.05) is 6.92 Å². The van der Waals surface area contributed by atoms with Crippen LogP contribution in [0.4, 0.5) is 0 Å². The predicted octanol–water partition coefficient (Wildman–Crippen LogP) is 0.773. The lowest BCUT2D eigenvalue weighted by Gasteiger charge is -2.02. The summed E-state index contributed by atoms with van der Waals surface area (Å²) < 4.78 is 10.3. The maximum absolute atomic E-state index is 5.31. The van der Waals surface area contributed by atoms with Gasteiger partial charge < -0.3 is 14.9 Å². The molecule has 0 bridgehead atoms. The van der Waals surface area contributed by atoms with Gasteiger partial charge in [-0.15, -0.1) is 0 Å². The minimum atomic E-state index is 0.441. The van der Waals surface area contributed by atoms with E-state index in [9.17, 15) is 0 Å². The van der Waals surface area contributed by atoms with Crippen LogP contribution in [0.5, 0.6) is 0 Å². The molecule has 0 spiro atoms. The molecule has 66 valence electrons. The van der Waals surface area contributed by atoms with Crippen LogP contribution in [0.3, 0.4) is 0 Å². The van der Waals surface area contributed by atoms with Crippen LogP contribution < -0.4 is 5.73 Å². The molecule has 0 aromatic rings. The van der Waals surface area contributed by atoms with Gasteiger partial charge >= 0.3 is 0 Å². The molecular weight excluding hydrogens is 158 g/mol. The van der Waals surface area contributed by atoms with E-state index in [2.05, 4.69) is 6.92 Å². The zero-order chi connectivity index (χ0) is 8.36. The van der Waals surface area contributed by atoms with Crippen molar-refractivity contribution in [2.75, 3.05) is 19.9 Å². The number of ether oxygens (including phenoxy) is 1. The second-order valence-electron chi connectivity index (χ2n) is 2.21. The van der Waals surface area contributed by atoms with Gasteiger partial charge in [0.2, 0.25) is 9.76 Å². The zero-order valence-corrected chi connectivity index (χ0v) is 8.14. The van der Waals surface area contributed by atoms with E-state index < -0.39 is 0 Å². The van der Waals surface area contributed by atoms with Crippen LogP contribution in [0.1, 0.15) is 19.8 Å². The number of hydrogen-bond acceptors (Lipinski definition) is 3. The summed E-state index contributed by atoms with van der Waals surface area (Å²) in [4.78, 5) is 0. The molecule has 0 aliphatic heterocycles. The Hall–Kier alpha value is 0.0969. The van der Waals surface area contributed by atoms with Crippen LogP contribution in [0.15, 0.2) is 0 Å². The molecule has 0 amide bonds. The highest BCUT2D eigenvalue weighted by atomic mass is 28.2. The molecule has 0 saturated heterocycles. The van der Waals surface area contributed by atoms with Crippen LogP contribution in [-0.2, 0) is 9.16 Å². The lowest BCUT2D eigenvalue weighted by atomic mass is 10.5. The van der Waals surface area contributed by atoms with E-state index in [4.69, 9.17) is 14.9 Å². The van der Waals surface area contributed by atoms with E-state index in [0.29, 0.717) is 16.6 Å². The van der Waals surface area contributed by atoms with Crippen LogP contribution in [-0.4, -0.2) is 29.7 Å². The first-order valence-corrected chi connectivity index (χ1v) is 5.15. The third-order valence-corrected chi connectivity index (χ3v) is 1.96. The topological polar surface area (TPSA) is 44.5 Å². The monoisotopic (exact) mass is 175 g/mol. The molecule has 0 heterocycles. The Morgan fingerprint density at radius 3 is 2.91 bits per heavy atom. The number of nitrogens with two attached hydrogens (primary N) is 1. The molecular formula is C7H17NO2Si. The van der Waals surface area contributed by atoms with Crippen molar-refractivity contribution in [2.45, 2.75) is 25.8 Å². The fourth-order valence-corrected chi connectivity index (χ4v) is 1.19. The smallest absolute Gasteiger partial charge is 0.232 e. The maximum Gasteiger partial charge on any atom is 0.232 e. The van der Waals surface area contributed by atoms with Gasteiger partial charge in [0.15, 0.2) is 0 Å². The largest absolute Gasteiger partial charge is 0.395 e. The maximum atomic E-state index is 5.31. The van der Waals surface area contributed by atoms with E-state index in [0.717, 1.165) is 32.0 Å². The zero-order valence-electron chi connectivity index (χ0n) is 7.14. The predicted molar refractivity (Wildman–Crippen MR) is 46.4 cm³/mol. The molecule has 11 heavy (non-hydrogen) atoms. The summed E-state index contributed by atoms with van der Waals surface area (Å²) in [7, 11) is 0.545. The molecule has 0 unspecified atom stereocenters. The van der Waals surface area contributed by atoms with E-state index in [1.807, 2.05) is 0 Å². The fourth-order valence-electron chi connectivity index (χ4n) is 0.533. The lowest BCUT2D eigenvalue weighted by Crippen LogP contribution is -2.07. The molecule has 0 aromatic heterocycles. The fraction of sp³-hybridized carbons (Fsp3) is 1.00. The molecule has 0 fully saturated rings. The van der Waals surface area contributed by atoms with E-state index >= 15 is 0 Å². The summed E-state index contributed by atoms with van der Waals surface area (Å²) in [6.07, 6.45) is 2.10. The van der Waals surface area contributed by atoms with Gasteiger partial charge in [0.05, 0.1) is 0 Å². The molecule has 2 N–H and O–H groups in total. The van der Waals surface area contributed by atoms with Crippen LogP contribution >= 0.6 is 0 Å². The average molecular weight is 175 g/mol. The summed E-state index contributed by atoms with van der Waals surface area (Å²) in [5.74, 6) is 0. The summed E-state index contributed by atoms with van der Waals surface area (Å²) in [6, 6.07) is 1.06. The van der Waals surface area contributed by atoms with Gasteiger partial charge in [0.25, 0.3) is 0 Å². The average Bonchev–Trinajstić information content (AvgIpc) is 2.03. The summed E-state index contributed by atoms with van der Waals surface area (Å²) >= 11 is 0. The van der Waals surface area contributed by atoms with Gasteiger partial charge in [0.1, 0.15) is 6.79 Å². The molecule has 0 atom stereocenters. The van der Waals surface area contributed by atoms with E-state index in [1.165, 1.54) is 0 Å². The van der Waals surface area contributed by atoms with Gasteiger partial charge in [-0.2, -0.15) is 0 Å². The van der Waals surface area contributed by atoms with Crippen molar-refractivity contribution in [2.24, 2.45) is 5.73 Å². The summed E-state index contributed by atoms with van der Waals surface area (Å²) in [5, 5.41) is 0. The van der Waals surface area contributed by atoms with Crippen LogP contribution in [0.25, 0.3) is 0 Å². The summed E-state index contributed by atoms with van der Waals surface area (Å²) in [6.45, 7) is 4.07. The molecule has 0 aliphatic rings. The van der Waals surface area contributed by atoms with E-state index in [1.54, 1.807) is 0 Å². The first-order valence-electron chi connectivity index (χ1n) is 4.04. The second kappa shape index (κ2) is 10.1. The Balaban J connectivity index is 2.69. The van der Waals surface area contributed by atoms with Gasteiger partial charge in [-0.25, -0.2) is 0 Å². The molecule has 2 radical (unpaired) electrons. The van der Waals surface area contributed by atoms with Crippen molar-refractivity contribution < 1.29 is 9.16 Å². The van der Waals surface area contributed by atoms with Gasteiger partial charge in [0, 0.05) is 6.61 Å². The Morgan fingerprint density at radius 2 is 2.27 bits per heavy atom. The van der Waals surface area contributed by atoms with Crippen molar-refractivity contribution in [1.29, 1.82) is 0 Å². The van der Waals surface area contributed by atoms with Crippen molar-refractivity contribution in [3.63, 3.8) is 0 Å². The Kier molecular flexibility index (Phi) is 10.2. The van der Waals surface area contributed by atoms with Crippen LogP contribution in [0, 0.1) is 0 Å². The molecule has 0 aromatic carbocycles. The second-order valence-corrected chi connectivity index (χ2v) is 3.28. The first-order chi connectivity index (χ1) is 5.41. The third-order valence-electron chi connectivity index (χ3n) is 1.08. The Bertz CT molecular complexity index is 65.5. The highest BCUT2D eigenvalue weighted by Crippen LogP contribution is 1.87. The molecule has 3 nitrogen and oxygen atoms in total. The van der Waals surface area contributed by atoms with Gasteiger partial charge in [-0.3, -0.25) is 0 Å². The summed E-state index contributed by atoms with van der Waals surface area (Å²) in [5.41, 5.74) is 5.31. The minimum absolute atomic E-state index is 0.441. The van der Waals surface area contributed by atoms with Crippen molar-refractivity contribution in [1.82, 2.24) is 0 Å². The molecule has 4 heteroatoms. The number of rotatable bonds is 8. The highest BCUT2D eigenvalue weighted by Gasteiger charge is 1.90. The molecule has 0 saturated carbocycles. The van der Waals surface area contributed by atoms with Crippen LogP contribution in [0.2, 0.25) is 6.04 Å². The van der Waals surface area contributed by atoms with Gasteiger partial charge in [-0.05, 0) is 25.4 Å². The standard InChI is InChI=1S/C7H17NO2Si/c1-2-5-9-7-10-11-6-3-4-8/h2-8H2,1H3. The normalized spacial score (nSPS) is 10.4. The number of hydrogen-bond donors (Lipinski definition) is 1. The first kappa shape index (κ1) is 11.1.